The zero-order valence-electron chi connectivity index (χ0n) is 20.5. The van der Waals surface area contributed by atoms with Gasteiger partial charge in [-0.3, -0.25) is 10.4 Å². The van der Waals surface area contributed by atoms with Gasteiger partial charge in [-0.15, -0.1) is 0 Å². The van der Waals surface area contributed by atoms with Crippen LogP contribution in [0, 0.1) is 0 Å². The first-order valence-corrected chi connectivity index (χ1v) is 11.5. The van der Waals surface area contributed by atoms with Crippen LogP contribution in [0.3, 0.4) is 0 Å². The molecule has 0 aliphatic rings. The van der Waals surface area contributed by atoms with Gasteiger partial charge in [-0.05, 0) is 61.4 Å². The van der Waals surface area contributed by atoms with Crippen LogP contribution in [0.4, 0.5) is 23.3 Å². The van der Waals surface area contributed by atoms with Gasteiger partial charge in [0.25, 0.3) is 0 Å². The van der Waals surface area contributed by atoms with E-state index in [1.807, 2.05) is 73.7 Å². The van der Waals surface area contributed by atoms with Gasteiger partial charge in [0.1, 0.15) is 17.3 Å². The molecule has 0 radical (unpaired) electrons. The zero-order valence-corrected chi connectivity index (χ0v) is 20.5. The summed E-state index contributed by atoms with van der Waals surface area (Å²) in [6.45, 7) is 2.55. The second kappa shape index (κ2) is 12.2. The third-order valence-corrected chi connectivity index (χ3v) is 5.38. The van der Waals surface area contributed by atoms with E-state index in [0.29, 0.717) is 30.5 Å². The van der Waals surface area contributed by atoms with Crippen molar-refractivity contribution in [2.24, 2.45) is 5.10 Å². The van der Waals surface area contributed by atoms with Crippen LogP contribution in [0.5, 0.6) is 11.5 Å². The van der Waals surface area contributed by atoms with Crippen molar-refractivity contribution in [3.05, 3.63) is 90.3 Å². The number of hydrazone groups is 1. The molecule has 0 fully saturated rings. The molecule has 9 heteroatoms. The smallest absolute Gasteiger partial charge is 0.231 e. The Labute approximate surface area is 210 Å². The number of anilines is 4. The number of aromatic nitrogens is 3. The SMILES string of the molecule is COc1ccc(OC)c(CCNc2cc(NN=C(C)c3ccncc3)nc(Nc3ccccc3)n2)c1. The van der Waals surface area contributed by atoms with Crippen molar-refractivity contribution in [2.45, 2.75) is 13.3 Å². The molecule has 0 aliphatic carbocycles. The number of hydrogen-bond acceptors (Lipinski definition) is 9. The molecular formula is C27H29N7O2. The van der Waals surface area contributed by atoms with Crippen molar-refractivity contribution in [1.29, 1.82) is 0 Å². The summed E-state index contributed by atoms with van der Waals surface area (Å²) in [7, 11) is 3.32. The van der Waals surface area contributed by atoms with Crippen LogP contribution in [-0.2, 0) is 6.42 Å². The van der Waals surface area contributed by atoms with Crippen LogP contribution in [0.15, 0.2) is 84.2 Å². The standard InChI is InChI=1S/C27H29N7O2/c1-19(20-11-14-28-15-12-20)33-34-26-18-25(31-27(32-26)30-22-7-5-4-6-8-22)29-16-13-21-17-23(35-2)9-10-24(21)36-3/h4-12,14-15,17-18H,13,16H2,1-3H3,(H3,29,30,31,32,34). The van der Waals surface area contributed by atoms with Crippen LogP contribution in [0.1, 0.15) is 18.1 Å². The molecule has 2 aromatic heterocycles. The van der Waals surface area contributed by atoms with Crippen LogP contribution < -0.4 is 25.5 Å². The van der Waals surface area contributed by atoms with Gasteiger partial charge in [-0.25, -0.2) is 0 Å². The monoisotopic (exact) mass is 483 g/mol. The Balaban J connectivity index is 1.52. The molecule has 4 aromatic rings. The van der Waals surface area contributed by atoms with Gasteiger partial charge in [0, 0.05) is 36.3 Å². The number of pyridine rings is 1. The largest absolute Gasteiger partial charge is 0.497 e. The highest BCUT2D eigenvalue weighted by atomic mass is 16.5. The third kappa shape index (κ3) is 6.69. The number of benzene rings is 2. The molecular weight excluding hydrogens is 454 g/mol. The zero-order chi connectivity index (χ0) is 25.2. The number of rotatable bonds is 11. The van der Waals surface area contributed by atoms with Gasteiger partial charge in [0.15, 0.2) is 5.82 Å². The maximum Gasteiger partial charge on any atom is 0.231 e. The molecule has 0 spiro atoms. The summed E-state index contributed by atoms with van der Waals surface area (Å²) in [5, 5.41) is 11.1. The fourth-order valence-corrected chi connectivity index (χ4v) is 3.50. The van der Waals surface area contributed by atoms with Crippen LogP contribution in [0.25, 0.3) is 0 Å². The van der Waals surface area contributed by atoms with Crippen molar-refractivity contribution in [1.82, 2.24) is 15.0 Å². The van der Waals surface area contributed by atoms with Gasteiger partial charge in [0.2, 0.25) is 5.95 Å². The minimum absolute atomic E-state index is 0.449. The van der Waals surface area contributed by atoms with Gasteiger partial charge in [-0.1, -0.05) is 18.2 Å². The highest BCUT2D eigenvalue weighted by molar-refractivity contribution is 5.98. The van der Waals surface area contributed by atoms with E-state index in [9.17, 15) is 0 Å². The molecule has 0 bridgehead atoms. The molecule has 9 nitrogen and oxygen atoms in total. The van der Waals surface area contributed by atoms with Crippen LogP contribution in [0.2, 0.25) is 0 Å². The molecule has 0 saturated carbocycles. The normalized spacial score (nSPS) is 11.0. The van der Waals surface area contributed by atoms with E-state index in [1.165, 1.54) is 0 Å². The fourth-order valence-electron chi connectivity index (χ4n) is 3.50. The highest BCUT2D eigenvalue weighted by Gasteiger charge is 2.08. The molecule has 2 aromatic carbocycles. The predicted molar refractivity (Wildman–Crippen MR) is 144 cm³/mol. The van der Waals surface area contributed by atoms with Crippen molar-refractivity contribution < 1.29 is 9.47 Å². The van der Waals surface area contributed by atoms with Gasteiger partial charge in [0.05, 0.1) is 19.9 Å². The van der Waals surface area contributed by atoms with E-state index in [-0.39, 0.29) is 0 Å². The molecule has 0 atom stereocenters. The molecule has 0 amide bonds. The fraction of sp³-hybridized carbons (Fsp3) is 0.185. The molecule has 2 heterocycles. The Morgan fingerprint density at radius 2 is 1.67 bits per heavy atom. The lowest BCUT2D eigenvalue weighted by Crippen LogP contribution is -2.10. The molecule has 184 valence electrons. The third-order valence-electron chi connectivity index (χ3n) is 5.38. The van der Waals surface area contributed by atoms with E-state index in [4.69, 9.17) is 9.47 Å². The summed E-state index contributed by atoms with van der Waals surface area (Å²) in [5.41, 5.74) is 6.76. The van der Waals surface area contributed by atoms with Crippen molar-refractivity contribution in [3.8, 4) is 11.5 Å². The average Bonchev–Trinajstić information content (AvgIpc) is 2.92. The summed E-state index contributed by atoms with van der Waals surface area (Å²) in [6.07, 6.45) is 4.19. The molecule has 4 rings (SSSR count). The minimum Gasteiger partial charge on any atom is -0.497 e. The predicted octanol–water partition coefficient (Wildman–Crippen LogP) is 5.12. The summed E-state index contributed by atoms with van der Waals surface area (Å²) >= 11 is 0. The number of methoxy groups -OCH3 is 2. The van der Waals surface area contributed by atoms with Gasteiger partial charge in [-0.2, -0.15) is 15.1 Å². The first-order valence-electron chi connectivity index (χ1n) is 11.5. The lowest BCUT2D eigenvalue weighted by Gasteiger charge is -2.13. The van der Waals surface area contributed by atoms with E-state index in [0.717, 1.165) is 34.0 Å². The molecule has 0 unspecified atom stereocenters. The minimum atomic E-state index is 0.449. The van der Waals surface area contributed by atoms with Gasteiger partial charge >= 0.3 is 0 Å². The topological polar surface area (TPSA) is 106 Å². The second-order valence-corrected chi connectivity index (χ2v) is 7.85. The lowest BCUT2D eigenvalue weighted by molar-refractivity contribution is 0.399. The van der Waals surface area contributed by atoms with Crippen LogP contribution in [-0.4, -0.2) is 41.4 Å². The molecule has 0 aliphatic heterocycles. The number of nitrogens with one attached hydrogen (secondary N) is 3. The maximum absolute atomic E-state index is 5.50. The Kier molecular flexibility index (Phi) is 8.27. The Hall–Kier alpha value is -4.66. The van der Waals surface area contributed by atoms with E-state index >= 15 is 0 Å². The van der Waals surface area contributed by atoms with Crippen molar-refractivity contribution in [3.63, 3.8) is 0 Å². The van der Waals surface area contributed by atoms with E-state index in [2.05, 4.69) is 36.1 Å². The number of ether oxygens (including phenoxy) is 2. The van der Waals surface area contributed by atoms with Crippen molar-refractivity contribution >= 4 is 29.0 Å². The van der Waals surface area contributed by atoms with E-state index < -0.39 is 0 Å². The second-order valence-electron chi connectivity index (χ2n) is 7.85. The van der Waals surface area contributed by atoms with Crippen molar-refractivity contribution in [2.75, 3.05) is 36.8 Å². The lowest BCUT2D eigenvalue weighted by atomic mass is 10.1. The quantitative estimate of drug-likeness (QED) is 0.199. The van der Waals surface area contributed by atoms with Gasteiger partial charge < -0.3 is 20.1 Å². The molecule has 3 N–H and O–H groups in total. The van der Waals surface area contributed by atoms with Crippen LogP contribution >= 0.6 is 0 Å². The average molecular weight is 484 g/mol. The highest BCUT2D eigenvalue weighted by Crippen LogP contribution is 2.25. The Bertz CT molecular complexity index is 1300. The maximum atomic E-state index is 5.50. The first-order chi connectivity index (χ1) is 17.6. The summed E-state index contributed by atoms with van der Waals surface area (Å²) in [4.78, 5) is 13.3. The number of para-hydroxylation sites is 1. The Morgan fingerprint density at radius 3 is 2.42 bits per heavy atom. The summed E-state index contributed by atoms with van der Waals surface area (Å²) < 4.78 is 10.9. The summed E-state index contributed by atoms with van der Waals surface area (Å²) in [5.74, 6) is 3.26. The molecule has 36 heavy (non-hydrogen) atoms. The Morgan fingerprint density at radius 1 is 0.889 bits per heavy atom. The van der Waals surface area contributed by atoms with E-state index in [1.54, 1.807) is 26.6 Å². The molecule has 0 saturated heterocycles. The summed E-state index contributed by atoms with van der Waals surface area (Å²) in [6, 6.07) is 21.2. The number of hydrogen-bond donors (Lipinski definition) is 3. The number of nitrogens with zero attached hydrogens (tertiary/aromatic N) is 4. The first kappa shape index (κ1) is 24.5.